The van der Waals surface area contributed by atoms with Crippen LogP contribution in [0.1, 0.15) is 37.8 Å². The van der Waals surface area contributed by atoms with Gasteiger partial charge in [-0.2, -0.15) is 0 Å². The van der Waals surface area contributed by atoms with Crippen molar-refractivity contribution >= 4 is 0 Å². The summed E-state index contributed by atoms with van der Waals surface area (Å²) < 4.78 is 11.3. The van der Waals surface area contributed by atoms with Crippen molar-refractivity contribution in [1.82, 2.24) is 0 Å². The minimum atomic E-state index is -0.183. The first-order valence-electron chi connectivity index (χ1n) is 10.2. The van der Waals surface area contributed by atoms with Gasteiger partial charge in [-0.3, -0.25) is 0 Å². The van der Waals surface area contributed by atoms with Gasteiger partial charge in [0, 0.05) is 23.5 Å². The number of aliphatic hydroxyl groups excluding tert-OH is 1. The summed E-state index contributed by atoms with van der Waals surface area (Å²) in [5.74, 6) is 1.06. The van der Waals surface area contributed by atoms with E-state index in [0.29, 0.717) is 0 Å². The SMILES string of the molecule is COc1ccc(C[NH2+]C[C@@H](CO)[C@@]2(c3ccccc3)CCOC(C)(C)C2)cc1. The van der Waals surface area contributed by atoms with Crippen molar-refractivity contribution in [2.75, 3.05) is 26.9 Å². The molecule has 0 aromatic heterocycles. The summed E-state index contributed by atoms with van der Waals surface area (Å²) in [5, 5.41) is 12.7. The normalized spacial score (nSPS) is 22.6. The molecular weight excluding hydrogens is 350 g/mol. The number of hydrogen-bond acceptors (Lipinski definition) is 3. The van der Waals surface area contributed by atoms with Crippen LogP contribution in [0.15, 0.2) is 54.6 Å². The molecule has 1 heterocycles. The number of quaternary nitrogens is 1. The molecule has 4 heteroatoms. The Kier molecular flexibility index (Phi) is 6.76. The van der Waals surface area contributed by atoms with Gasteiger partial charge in [-0.15, -0.1) is 0 Å². The van der Waals surface area contributed by atoms with Crippen LogP contribution in [0.25, 0.3) is 0 Å². The van der Waals surface area contributed by atoms with E-state index in [1.807, 2.05) is 12.1 Å². The quantitative estimate of drug-likeness (QED) is 0.736. The maximum absolute atomic E-state index is 10.4. The van der Waals surface area contributed by atoms with Crippen LogP contribution in [0.4, 0.5) is 0 Å². The number of benzene rings is 2. The smallest absolute Gasteiger partial charge is 0.118 e. The predicted molar refractivity (Wildman–Crippen MR) is 111 cm³/mol. The van der Waals surface area contributed by atoms with Crippen LogP contribution in [-0.4, -0.2) is 37.6 Å². The van der Waals surface area contributed by atoms with Gasteiger partial charge < -0.3 is 19.9 Å². The average Bonchev–Trinajstić information content (AvgIpc) is 2.71. The summed E-state index contributed by atoms with van der Waals surface area (Å²) in [6.45, 7) is 7.03. The third-order valence-electron chi connectivity index (χ3n) is 6.12. The zero-order valence-corrected chi connectivity index (χ0v) is 17.4. The van der Waals surface area contributed by atoms with E-state index in [2.05, 4.69) is 61.6 Å². The molecule has 2 aromatic rings. The van der Waals surface area contributed by atoms with E-state index in [-0.39, 0.29) is 23.5 Å². The molecule has 1 aliphatic heterocycles. The molecule has 1 saturated heterocycles. The highest BCUT2D eigenvalue weighted by atomic mass is 16.5. The first-order valence-corrected chi connectivity index (χ1v) is 10.2. The van der Waals surface area contributed by atoms with Crippen LogP contribution in [0, 0.1) is 5.92 Å². The van der Waals surface area contributed by atoms with Crippen LogP contribution in [0.5, 0.6) is 5.75 Å². The summed E-state index contributed by atoms with van der Waals surface area (Å²) in [5.41, 5.74) is 2.34. The molecule has 0 amide bonds. The molecule has 28 heavy (non-hydrogen) atoms. The van der Waals surface area contributed by atoms with Crippen molar-refractivity contribution in [2.45, 2.75) is 44.2 Å². The van der Waals surface area contributed by atoms with Crippen LogP contribution in [0.3, 0.4) is 0 Å². The van der Waals surface area contributed by atoms with Crippen molar-refractivity contribution < 1.29 is 19.9 Å². The highest BCUT2D eigenvalue weighted by Crippen LogP contribution is 2.46. The molecule has 1 fully saturated rings. The maximum Gasteiger partial charge on any atom is 0.118 e. The fourth-order valence-electron chi connectivity index (χ4n) is 4.70. The van der Waals surface area contributed by atoms with Gasteiger partial charge in [-0.05, 0) is 56.5 Å². The lowest BCUT2D eigenvalue weighted by Gasteiger charge is -2.48. The zero-order valence-electron chi connectivity index (χ0n) is 17.4. The molecule has 0 aliphatic carbocycles. The molecule has 3 N–H and O–H groups in total. The van der Waals surface area contributed by atoms with Crippen molar-refractivity contribution in [3.05, 3.63) is 65.7 Å². The summed E-state index contributed by atoms with van der Waals surface area (Å²) in [6.07, 6.45) is 1.87. The van der Waals surface area contributed by atoms with Crippen molar-refractivity contribution in [1.29, 1.82) is 0 Å². The molecule has 152 valence electrons. The third kappa shape index (κ3) is 4.75. The lowest BCUT2D eigenvalue weighted by Crippen LogP contribution is -2.85. The van der Waals surface area contributed by atoms with Gasteiger partial charge in [0.25, 0.3) is 0 Å². The first-order chi connectivity index (χ1) is 13.5. The van der Waals surface area contributed by atoms with Gasteiger partial charge >= 0.3 is 0 Å². The fourth-order valence-corrected chi connectivity index (χ4v) is 4.70. The molecular formula is C24H34NO3+. The minimum absolute atomic E-state index is 0.0613. The second-order valence-electron chi connectivity index (χ2n) is 8.51. The Bertz CT molecular complexity index is 729. The Morgan fingerprint density at radius 2 is 1.82 bits per heavy atom. The third-order valence-corrected chi connectivity index (χ3v) is 6.12. The highest BCUT2D eigenvalue weighted by molar-refractivity contribution is 5.29. The topological polar surface area (TPSA) is 55.3 Å². The fraction of sp³-hybridized carbons (Fsp3) is 0.500. The number of hydrogen-bond donors (Lipinski definition) is 2. The molecule has 0 bridgehead atoms. The average molecular weight is 385 g/mol. The Labute approximate surface area is 168 Å². The van der Waals surface area contributed by atoms with E-state index in [1.54, 1.807) is 7.11 Å². The van der Waals surface area contributed by atoms with Gasteiger partial charge in [0.05, 0.1) is 25.9 Å². The minimum Gasteiger partial charge on any atom is -0.497 e. The number of aliphatic hydroxyl groups is 1. The van der Waals surface area contributed by atoms with Crippen molar-refractivity contribution in [3.63, 3.8) is 0 Å². The van der Waals surface area contributed by atoms with E-state index >= 15 is 0 Å². The van der Waals surface area contributed by atoms with Gasteiger partial charge in [0.1, 0.15) is 12.3 Å². The van der Waals surface area contributed by atoms with Crippen LogP contribution >= 0.6 is 0 Å². The molecule has 0 unspecified atom stereocenters. The molecule has 0 saturated carbocycles. The monoisotopic (exact) mass is 384 g/mol. The van der Waals surface area contributed by atoms with Crippen LogP contribution in [0.2, 0.25) is 0 Å². The Balaban J connectivity index is 1.75. The molecule has 2 atom stereocenters. The van der Waals surface area contributed by atoms with E-state index in [1.165, 1.54) is 11.1 Å². The van der Waals surface area contributed by atoms with E-state index < -0.39 is 0 Å². The molecule has 0 spiro atoms. The van der Waals surface area contributed by atoms with Gasteiger partial charge in [0.2, 0.25) is 0 Å². The largest absolute Gasteiger partial charge is 0.497 e. The number of nitrogens with two attached hydrogens (primary N) is 1. The first kappa shape index (κ1) is 20.8. The van der Waals surface area contributed by atoms with Gasteiger partial charge in [-0.1, -0.05) is 30.3 Å². The van der Waals surface area contributed by atoms with E-state index in [0.717, 1.165) is 38.3 Å². The van der Waals surface area contributed by atoms with Crippen LogP contribution < -0.4 is 10.1 Å². The summed E-state index contributed by atoms with van der Waals surface area (Å²) in [7, 11) is 1.69. The number of methoxy groups -OCH3 is 1. The highest BCUT2D eigenvalue weighted by Gasteiger charge is 2.47. The van der Waals surface area contributed by atoms with E-state index in [4.69, 9.17) is 9.47 Å². The predicted octanol–water partition coefficient (Wildman–Crippen LogP) is 2.89. The second-order valence-corrected chi connectivity index (χ2v) is 8.51. The number of ether oxygens (including phenoxy) is 2. The Morgan fingerprint density at radius 1 is 1.11 bits per heavy atom. The van der Waals surface area contributed by atoms with Gasteiger partial charge in [-0.25, -0.2) is 0 Å². The lowest BCUT2D eigenvalue weighted by atomic mass is 9.62. The standard InChI is InChI=1S/C24H33NO3/c1-23(2)18-24(13-14-28-23,20-7-5-4-6-8-20)21(17-26)16-25-15-19-9-11-22(27-3)12-10-19/h4-12,21,25-26H,13-18H2,1-3H3/p+1/t21-,24-/m0/s1. The lowest BCUT2D eigenvalue weighted by molar-refractivity contribution is -0.677. The molecule has 1 aliphatic rings. The van der Waals surface area contributed by atoms with Crippen LogP contribution in [-0.2, 0) is 16.7 Å². The second kappa shape index (κ2) is 9.08. The zero-order chi connectivity index (χ0) is 20.0. The maximum atomic E-state index is 10.4. The van der Waals surface area contributed by atoms with Crippen molar-refractivity contribution in [3.8, 4) is 5.75 Å². The Hall–Kier alpha value is -1.88. The molecule has 0 radical (unpaired) electrons. The molecule has 2 aromatic carbocycles. The Morgan fingerprint density at radius 3 is 2.43 bits per heavy atom. The summed E-state index contributed by atoms with van der Waals surface area (Å²) in [4.78, 5) is 0. The molecule has 4 nitrogen and oxygen atoms in total. The van der Waals surface area contributed by atoms with Crippen molar-refractivity contribution in [2.24, 2.45) is 5.92 Å². The number of rotatable bonds is 8. The van der Waals surface area contributed by atoms with Gasteiger partial charge in [0.15, 0.2) is 0 Å². The summed E-state index contributed by atoms with van der Waals surface area (Å²) >= 11 is 0. The molecule has 3 rings (SSSR count). The summed E-state index contributed by atoms with van der Waals surface area (Å²) in [6, 6.07) is 18.9. The van der Waals surface area contributed by atoms with E-state index in [9.17, 15) is 5.11 Å².